The van der Waals surface area contributed by atoms with E-state index in [0.29, 0.717) is 5.92 Å². The summed E-state index contributed by atoms with van der Waals surface area (Å²) in [5.74, 6) is 1.53. The Morgan fingerprint density at radius 1 is 1.06 bits per heavy atom. The van der Waals surface area contributed by atoms with Gasteiger partial charge in [-0.2, -0.15) is 0 Å². The molecule has 0 amide bonds. The van der Waals surface area contributed by atoms with Gasteiger partial charge in [0.05, 0.1) is 6.10 Å². The van der Waals surface area contributed by atoms with E-state index in [0.717, 1.165) is 18.6 Å². The quantitative estimate of drug-likeness (QED) is 0.632. The Bertz CT molecular complexity index is 335. The van der Waals surface area contributed by atoms with Crippen LogP contribution in [0.2, 0.25) is 0 Å². The van der Waals surface area contributed by atoms with E-state index in [1.54, 1.807) is 0 Å². The van der Waals surface area contributed by atoms with E-state index in [-0.39, 0.29) is 6.10 Å². The number of allylic oxidation sites excluding steroid dienone is 2. The Morgan fingerprint density at radius 2 is 1.71 bits per heavy atom. The smallest absolute Gasteiger partial charge is 0.119 e. The van der Waals surface area contributed by atoms with Gasteiger partial charge in [0.25, 0.3) is 0 Å². The molecule has 0 aliphatic rings. The van der Waals surface area contributed by atoms with Crippen molar-refractivity contribution >= 4 is 0 Å². The highest BCUT2D eigenvalue weighted by Crippen LogP contribution is 2.22. The van der Waals surface area contributed by atoms with Gasteiger partial charge in [-0.05, 0) is 50.3 Å². The van der Waals surface area contributed by atoms with Crippen LogP contribution in [0, 0.1) is 0 Å². The third-order valence-electron chi connectivity index (χ3n) is 2.71. The predicted octanol–water partition coefficient (Wildman–Crippen LogP) is 4.93. The van der Waals surface area contributed by atoms with Gasteiger partial charge in [-0.15, -0.1) is 0 Å². The van der Waals surface area contributed by atoms with Crippen molar-refractivity contribution in [1.82, 2.24) is 0 Å². The molecule has 0 aliphatic heterocycles. The second kappa shape index (κ2) is 7.16. The van der Waals surface area contributed by atoms with Gasteiger partial charge in [0.1, 0.15) is 5.75 Å². The standard InChI is InChI=1S/C16H24O/c1-5-6-7-8-14(4)15-9-11-16(12-10-15)17-13(2)3/h6-7,9-14H,5,8H2,1-4H3/b7-6-. The molecule has 1 unspecified atom stereocenters. The van der Waals surface area contributed by atoms with E-state index in [1.807, 2.05) is 13.8 Å². The van der Waals surface area contributed by atoms with Crippen molar-refractivity contribution in [1.29, 1.82) is 0 Å². The van der Waals surface area contributed by atoms with E-state index < -0.39 is 0 Å². The van der Waals surface area contributed by atoms with Crippen molar-refractivity contribution in [3.05, 3.63) is 42.0 Å². The summed E-state index contributed by atoms with van der Waals surface area (Å²) in [4.78, 5) is 0. The summed E-state index contributed by atoms with van der Waals surface area (Å²) >= 11 is 0. The highest BCUT2D eigenvalue weighted by atomic mass is 16.5. The molecule has 0 spiro atoms. The average molecular weight is 232 g/mol. The van der Waals surface area contributed by atoms with Crippen LogP contribution in [0.15, 0.2) is 36.4 Å². The molecular formula is C16H24O. The lowest BCUT2D eigenvalue weighted by atomic mass is 9.97. The average Bonchev–Trinajstić information content (AvgIpc) is 2.29. The summed E-state index contributed by atoms with van der Waals surface area (Å²) < 4.78 is 5.63. The molecule has 0 saturated heterocycles. The lowest BCUT2D eigenvalue weighted by molar-refractivity contribution is 0.242. The Hall–Kier alpha value is -1.24. The summed E-state index contributed by atoms with van der Waals surface area (Å²) in [7, 11) is 0. The van der Waals surface area contributed by atoms with Crippen LogP contribution in [0.1, 0.15) is 52.0 Å². The fraction of sp³-hybridized carbons (Fsp3) is 0.500. The molecule has 1 heteroatoms. The maximum absolute atomic E-state index is 5.63. The molecule has 1 aromatic carbocycles. The predicted molar refractivity (Wildman–Crippen MR) is 74.7 cm³/mol. The van der Waals surface area contributed by atoms with E-state index >= 15 is 0 Å². The topological polar surface area (TPSA) is 9.23 Å². The normalized spacial score (nSPS) is 13.2. The number of ether oxygens (including phenoxy) is 1. The zero-order chi connectivity index (χ0) is 12.7. The monoisotopic (exact) mass is 232 g/mol. The van der Waals surface area contributed by atoms with Crippen LogP contribution in [-0.4, -0.2) is 6.10 Å². The van der Waals surface area contributed by atoms with E-state index in [4.69, 9.17) is 4.74 Å². The van der Waals surface area contributed by atoms with Gasteiger partial charge in [0, 0.05) is 0 Å². The van der Waals surface area contributed by atoms with Crippen LogP contribution in [-0.2, 0) is 0 Å². The molecule has 0 radical (unpaired) electrons. The van der Waals surface area contributed by atoms with Crippen molar-refractivity contribution in [2.45, 2.75) is 52.6 Å². The van der Waals surface area contributed by atoms with Crippen LogP contribution in [0.25, 0.3) is 0 Å². The highest BCUT2D eigenvalue weighted by Gasteiger charge is 2.04. The largest absolute Gasteiger partial charge is 0.491 e. The summed E-state index contributed by atoms with van der Waals surface area (Å²) in [6.07, 6.45) is 6.97. The first-order valence-corrected chi connectivity index (χ1v) is 6.55. The Kier molecular flexibility index (Phi) is 5.82. The Labute approximate surface area is 106 Å². The van der Waals surface area contributed by atoms with Crippen molar-refractivity contribution in [2.24, 2.45) is 0 Å². The van der Waals surface area contributed by atoms with Crippen LogP contribution in [0.4, 0.5) is 0 Å². The molecule has 1 atom stereocenters. The van der Waals surface area contributed by atoms with Gasteiger partial charge in [-0.1, -0.05) is 38.1 Å². The minimum Gasteiger partial charge on any atom is -0.491 e. The molecule has 1 nitrogen and oxygen atoms in total. The fourth-order valence-corrected chi connectivity index (χ4v) is 1.75. The van der Waals surface area contributed by atoms with Crippen molar-refractivity contribution in [3.63, 3.8) is 0 Å². The van der Waals surface area contributed by atoms with Gasteiger partial charge in [-0.3, -0.25) is 0 Å². The first-order chi connectivity index (χ1) is 8.13. The van der Waals surface area contributed by atoms with Crippen LogP contribution >= 0.6 is 0 Å². The Morgan fingerprint density at radius 3 is 2.24 bits per heavy atom. The fourth-order valence-electron chi connectivity index (χ4n) is 1.75. The molecule has 0 aliphatic carbocycles. The van der Waals surface area contributed by atoms with E-state index in [1.165, 1.54) is 5.56 Å². The Balaban J connectivity index is 2.57. The number of rotatable bonds is 6. The second-order valence-corrected chi connectivity index (χ2v) is 4.75. The lowest BCUT2D eigenvalue weighted by Gasteiger charge is -2.12. The molecule has 0 N–H and O–H groups in total. The van der Waals surface area contributed by atoms with Crippen molar-refractivity contribution in [3.8, 4) is 5.75 Å². The lowest BCUT2D eigenvalue weighted by Crippen LogP contribution is -2.05. The van der Waals surface area contributed by atoms with Gasteiger partial charge >= 0.3 is 0 Å². The molecule has 0 fully saturated rings. The molecule has 0 heterocycles. The minimum absolute atomic E-state index is 0.241. The second-order valence-electron chi connectivity index (χ2n) is 4.75. The van der Waals surface area contributed by atoms with E-state index in [2.05, 4.69) is 50.3 Å². The van der Waals surface area contributed by atoms with Crippen molar-refractivity contribution < 1.29 is 4.74 Å². The first kappa shape index (κ1) is 13.8. The number of benzene rings is 1. The zero-order valence-electron chi connectivity index (χ0n) is 11.4. The number of hydrogen-bond donors (Lipinski definition) is 0. The van der Waals surface area contributed by atoms with E-state index in [9.17, 15) is 0 Å². The number of hydrogen-bond acceptors (Lipinski definition) is 1. The first-order valence-electron chi connectivity index (χ1n) is 6.55. The molecule has 1 rings (SSSR count). The van der Waals surface area contributed by atoms with Crippen LogP contribution in [0.5, 0.6) is 5.75 Å². The molecule has 0 aromatic heterocycles. The molecule has 1 aromatic rings. The summed E-state index contributed by atoms with van der Waals surface area (Å²) in [5, 5.41) is 0. The van der Waals surface area contributed by atoms with Crippen molar-refractivity contribution in [2.75, 3.05) is 0 Å². The molecule has 0 bridgehead atoms. The third kappa shape index (κ3) is 5.08. The van der Waals surface area contributed by atoms with Gasteiger partial charge in [0.2, 0.25) is 0 Å². The van der Waals surface area contributed by atoms with Crippen LogP contribution in [0.3, 0.4) is 0 Å². The summed E-state index contributed by atoms with van der Waals surface area (Å²) in [6.45, 7) is 8.52. The minimum atomic E-state index is 0.241. The van der Waals surface area contributed by atoms with Gasteiger partial charge < -0.3 is 4.74 Å². The highest BCUT2D eigenvalue weighted by molar-refractivity contribution is 5.29. The third-order valence-corrected chi connectivity index (χ3v) is 2.71. The maximum atomic E-state index is 5.63. The SMILES string of the molecule is CC/C=C\CC(C)c1ccc(OC(C)C)cc1. The summed E-state index contributed by atoms with van der Waals surface area (Å²) in [6, 6.07) is 8.47. The molecule has 17 heavy (non-hydrogen) atoms. The maximum Gasteiger partial charge on any atom is 0.119 e. The summed E-state index contributed by atoms with van der Waals surface area (Å²) in [5.41, 5.74) is 1.38. The molecule has 94 valence electrons. The van der Waals surface area contributed by atoms with Gasteiger partial charge in [0.15, 0.2) is 0 Å². The zero-order valence-corrected chi connectivity index (χ0v) is 11.4. The molecular weight excluding hydrogens is 208 g/mol. The van der Waals surface area contributed by atoms with Gasteiger partial charge in [-0.25, -0.2) is 0 Å². The van der Waals surface area contributed by atoms with Crippen LogP contribution < -0.4 is 4.74 Å². The molecule has 0 saturated carbocycles.